The van der Waals surface area contributed by atoms with Crippen LogP contribution < -0.4 is 0 Å². The van der Waals surface area contributed by atoms with E-state index in [0.717, 1.165) is 25.7 Å². The predicted molar refractivity (Wildman–Crippen MR) is 104 cm³/mol. The van der Waals surface area contributed by atoms with Crippen molar-refractivity contribution in [2.24, 2.45) is 40.4 Å². The van der Waals surface area contributed by atoms with Gasteiger partial charge in [-0.25, -0.2) is 0 Å². The number of rotatable bonds is 2. The molecule has 3 saturated carbocycles. The highest BCUT2D eigenvalue weighted by atomic mass is 16.6. The maximum Gasteiger partial charge on any atom is 0.303 e. The third-order valence-corrected chi connectivity index (χ3v) is 9.45. The van der Waals surface area contributed by atoms with Crippen LogP contribution in [0.1, 0.15) is 59.8 Å². The lowest BCUT2D eigenvalue weighted by Gasteiger charge is -2.57. The highest BCUT2D eigenvalue weighted by molar-refractivity contribution is 5.97. The number of carbonyl (C=O) groups excluding carboxylic acids is 3. The summed E-state index contributed by atoms with van der Waals surface area (Å²) in [5.74, 6) is 1.87. The standard InChI is InChI=1S/C24H30O4/c1-13(25)24(28-14(2)26)10-8-18-16-6-5-15-11-21(27)17-12-20(17)23(15,4)19(16)7-9-22(18,24)3/h5-6,11,16-20H,7-10,12H2,1-4H3/t16?,17-,18?,19?,20?,22+,23+,24+/m1/s1. The van der Waals surface area contributed by atoms with Gasteiger partial charge in [0, 0.05) is 18.3 Å². The lowest BCUT2D eigenvalue weighted by Crippen LogP contribution is -2.58. The lowest BCUT2D eigenvalue weighted by atomic mass is 9.47. The van der Waals surface area contributed by atoms with E-state index < -0.39 is 5.60 Å². The Morgan fingerprint density at radius 1 is 1.07 bits per heavy atom. The minimum absolute atomic E-state index is 0.0109. The summed E-state index contributed by atoms with van der Waals surface area (Å²) in [4.78, 5) is 37.0. The van der Waals surface area contributed by atoms with Crippen molar-refractivity contribution in [2.45, 2.75) is 65.4 Å². The topological polar surface area (TPSA) is 60.4 Å². The summed E-state index contributed by atoms with van der Waals surface area (Å²) in [5.41, 5.74) is -0.00957. The van der Waals surface area contributed by atoms with Gasteiger partial charge in [0.15, 0.2) is 17.2 Å². The molecule has 0 heterocycles. The van der Waals surface area contributed by atoms with Crippen LogP contribution in [0.4, 0.5) is 0 Å². The minimum atomic E-state index is -0.982. The molecule has 0 saturated heterocycles. The van der Waals surface area contributed by atoms with Crippen molar-refractivity contribution in [2.75, 3.05) is 0 Å². The molecule has 8 atom stereocenters. The number of esters is 1. The number of carbonyl (C=O) groups is 3. The average Bonchev–Trinajstić information content (AvgIpc) is 3.37. The summed E-state index contributed by atoms with van der Waals surface area (Å²) in [7, 11) is 0. The smallest absolute Gasteiger partial charge is 0.303 e. The first-order chi connectivity index (χ1) is 13.1. The van der Waals surface area contributed by atoms with Gasteiger partial charge in [0.1, 0.15) is 0 Å². The first-order valence-electron chi connectivity index (χ1n) is 10.8. The quantitative estimate of drug-likeness (QED) is 0.676. The third-order valence-electron chi connectivity index (χ3n) is 9.45. The summed E-state index contributed by atoms with van der Waals surface area (Å²) in [6, 6.07) is 0. The van der Waals surface area contributed by atoms with E-state index in [9.17, 15) is 14.4 Å². The largest absolute Gasteiger partial charge is 0.451 e. The van der Waals surface area contributed by atoms with Crippen molar-refractivity contribution in [1.29, 1.82) is 0 Å². The summed E-state index contributed by atoms with van der Waals surface area (Å²) < 4.78 is 5.82. The van der Waals surface area contributed by atoms with Gasteiger partial charge in [0.05, 0.1) is 0 Å². The van der Waals surface area contributed by atoms with Crippen LogP contribution in [0.25, 0.3) is 0 Å². The third kappa shape index (κ3) is 1.99. The van der Waals surface area contributed by atoms with Crippen LogP contribution in [0, 0.1) is 40.4 Å². The van der Waals surface area contributed by atoms with E-state index >= 15 is 0 Å². The molecule has 4 unspecified atom stereocenters. The van der Waals surface area contributed by atoms with Gasteiger partial charge in [0.2, 0.25) is 0 Å². The molecule has 0 aliphatic heterocycles. The molecule has 4 heteroatoms. The molecule has 3 fully saturated rings. The molecule has 0 bridgehead atoms. The Kier molecular flexibility index (Phi) is 3.57. The molecule has 5 rings (SSSR count). The van der Waals surface area contributed by atoms with Gasteiger partial charge >= 0.3 is 5.97 Å². The van der Waals surface area contributed by atoms with Crippen molar-refractivity contribution < 1.29 is 19.1 Å². The minimum Gasteiger partial charge on any atom is -0.451 e. The molecule has 0 amide bonds. The Hall–Kier alpha value is -1.71. The first kappa shape index (κ1) is 18.3. The van der Waals surface area contributed by atoms with E-state index in [1.807, 2.05) is 6.08 Å². The van der Waals surface area contributed by atoms with E-state index in [4.69, 9.17) is 4.74 Å². The van der Waals surface area contributed by atoms with Gasteiger partial charge in [-0.05, 0) is 79.8 Å². The molecule has 5 aliphatic carbocycles. The maximum absolute atomic E-state index is 12.8. The maximum atomic E-state index is 12.8. The van der Waals surface area contributed by atoms with Gasteiger partial charge in [-0.2, -0.15) is 0 Å². The van der Waals surface area contributed by atoms with Crippen LogP contribution in [0.2, 0.25) is 0 Å². The molecular weight excluding hydrogens is 352 g/mol. The van der Waals surface area contributed by atoms with Crippen molar-refractivity contribution >= 4 is 17.5 Å². The zero-order valence-corrected chi connectivity index (χ0v) is 17.3. The second-order valence-electron chi connectivity index (χ2n) is 10.4. The lowest BCUT2D eigenvalue weighted by molar-refractivity contribution is -0.185. The van der Waals surface area contributed by atoms with E-state index in [0.29, 0.717) is 35.9 Å². The molecule has 28 heavy (non-hydrogen) atoms. The molecule has 4 nitrogen and oxygen atoms in total. The summed E-state index contributed by atoms with van der Waals surface area (Å²) in [6.07, 6.45) is 10.9. The number of ketones is 2. The zero-order chi connectivity index (χ0) is 20.1. The van der Waals surface area contributed by atoms with Crippen molar-refractivity contribution in [3.63, 3.8) is 0 Å². The number of ether oxygens (including phenoxy) is 1. The van der Waals surface area contributed by atoms with Crippen molar-refractivity contribution in [3.05, 3.63) is 23.8 Å². The first-order valence-corrected chi connectivity index (χ1v) is 10.8. The number of hydrogen-bond donors (Lipinski definition) is 0. The molecule has 0 aromatic carbocycles. The zero-order valence-electron chi connectivity index (χ0n) is 17.3. The fourth-order valence-electron chi connectivity index (χ4n) is 7.96. The summed E-state index contributed by atoms with van der Waals surface area (Å²) in [6.45, 7) is 7.55. The molecule has 0 N–H and O–H groups in total. The van der Waals surface area contributed by atoms with Crippen LogP contribution in [0.5, 0.6) is 0 Å². The SMILES string of the molecule is CC(=O)O[C@]1(C(C)=O)CCC2C3C=CC4=CC(=O)[C@@H]5CC5[C@]4(C)C3CC[C@@]21C. The van der Waals surface area contributed by atoms with Crippen LogP contribution in [-0.2, 0) is 19.1 Å². The highest BCUT2D eigenvalue weighted by Crippen LogP contribution is 2.71. The molecule has 150 valence electrons. The van der Waals surface area contributed by atoms with E-state index in [1.54, 1.807) is 6.92 Å². The van der Waals surface area contributed by atoms with Gasteiger partial charge in [-0.15, -0.1) is 0 Å². The number of Topliss-reactive ketones (excluding diaryl/α,β-unsaturated/α-hetero) is 1. The Bertz CT molecular complexity index is 853. The molecule has 5 aliphatic rings. The van der Waals surface area contributed by atoms with Crippen LogP contribution in [0.3, 0.4) is 0 Å². The second kappa shape index (κ2) is 5.46. The van der Waals surface area contributed by atoms with E-state index in [2.05, 4.69) is 26.0 Å². The molecular formula is C24H30O4. The normalized spacial score (nSPS) is 50.6. The van der Waals surface area contributed by atoms with Gasteiger partial charge in [-0.1, -0.05) is 26.0 Å². The number of hydrogen-bond acceptors (Lipinski definition) is 4. The second-order valence-corrected chi connectivity index (χ2v) is 10.4. The Morgan fingerprint density at radius 3 is 2.46 bits per heavy atom. The summed E-state index contributed by atoms with van der Waals surface area (Å²) >= 11 is 0. The van der Waals surface area contributed by atoms with Crippen LogP contribution >= 0.6 is 0 Å². The molecule has 0 spiro atoms. The Labute approximate surface area is 166 Å². The Morgan fingerprint density at radius 2 is 1.79 bits per heavy atom. The number of allylic oxidation sites excluding steroid dienone is 4. The fourth-order valence-corrected chi connectivity index (χ4v) is 7.96. The van der Waals surface area contributed by atoms with Gasteiger partial charge in [0.25, 0.3) is 0 Å². The van der Waals surface area contributed by atoms with E-state index in [-0.39, 0.29) is 28.5 Å². The van der Waals surface area contributed by atoms with Crippen LogP contribution in [-0.4, -0.2) is 23.1 Å². The van der Waals surface area contributed by atoms with Crippen molar-refractivity contribution in [3.8, 4) is 0 Å². The van der Waals surface area contributed by atoms with Gasteiger partial charge < -0.3 is 4.74 Å². The number of fused-ring (bicyclic) bond motifs is 7. The highest BCUT2D eigenvalue weighted by Gasteiger charge is 2.69. The Balaban J connectivity index is 1.56. The summed E-state index contributed by atoms with van der Waals surface area (Å²) in [5, 5.41) is 0. The van der Waals surface area contributed by atoms with Gasteiger partial charge in [-0.3, -0.25) is 14.4 Å². The monoisotopic (exact) mass is 382 g/mol. The molecule has 0 aromatic rings. The van der Waals surface area contributed by atoms with E-state index in [1.165, 1.54) is 12.5 Å². The molecule has 0 radical (unpaired) electrons. The van der Waals surface area contributed by atoms with Crippen molar-refractivity contribution in [1.82, 2.24) is 0 Å². The molecule has 0 aromatic heterocycles. The van der Waals surface area contributed by atoms with Crippen LogP contribution in [0.15, 0.2) is 23.8 Å². The average molecular weight is 383 g/mol. The predicted octanol–water partition coefficient (Wildman–Crippen LogP) is 4.04. The fraction of sp³-hybridized carbons (Fsp3) is 0.708.